The fraction of sp³-hybridized carbons (Fsp3) is 0.737. The van der Waals surface area contributed by atoms with Crippen molar-refractivity contribution in [1.82, 2.24) is 5.32 Å². The van der Waals surface area contributed by atoms with Crippen molar-refractivity contribution in [2.24, 2.45) is 11.3 Å². The number of allylic oxidation sites excluding steroid dienone is 4. The molecule has 1 unspecified atom stereocenters. The van der Waals surface area contributed by atoms with E-state index in [4.69, 9.17) is 20.5 Å². The topological polar surface area (TPSA) is 81.7 Å². The first kappa shape index (κ1) is 22.2. The van der Waals surface area contributed by atoms with E-state index >= 15 is 0 Å². The summed E-state index contributed by atoms with van der Waals surface area (Å²) < 4.78 is 33.4. The molecule has 1 fully saturated rings. The summed E-state index contributed by atoms with van der Waals surface area (Å²) in [6.45, 7) is 5.92. The first-order valence-electron chi connectivity index (χ1n) is 9.27. The van der Waals surface area contributed by atoms with E-state index in [9.17, 15) is 13.2 Å². The molecule has 0 aromatic rings. The third kappa shape index (κ3) is 7.12. The molecule has 0 bridgehead atoms. The zero-order valence-electron chi connectivity index (χ0n) is 16.5. The average molecular weight is 420 g/mol. The van der Waals surface area contributed by atoms with Gasteiger partial charge in [-0.15, -0.1) is 0 Å². The predicted octanol–water partition coefficient (Wildman–Crippen LogP) is 4.12. The van der Waals surface area contributed by atoms with Crippen molar-refractivity contribution >= 4 is 27.8 Å². The summed E-state index contributed by atoms with van der Waals surface area (Å²) in [6.07, 6.45) is 9.70. The molecular formula is C19H30ClNO5S. The Kier molecular flexibility index (Phi) is 7.03. The van der Waals surface area contributed by atoms with E-state index in [0.29, 0.717) is 25.8 Å². The van der Waals surface area contributed by atoms with Crippen LogP contribution in [0.1, 0.15) is 52.9 Å². The van der Waals surface area contributed by atoms with Crippen LogP contribution in [-0.2, 0) is 19.0 Å². The Morgan fingerprint density at radius 3 is 2.48 bits per heavy atom. The van der Waals surface area contributed by atoms with Crippen LogP contribution in [0.15, 0.2) is 23.3 Å². The van der Waals surface area contributed by atoms with Crippen LogP contribution in [0.5, 0.6) is 0 Å². The molecule has 0 aliphatic heterocycles. The van der Waals surface area contributed by atoms with E-state index in [1.165, 1.54) is 0 Å². The minimum Gasteiger partial charge on any atom is -0.444 e. The summed E-state index contributed by atoms with van der Waals surface area (Å²) in [6, 6.07) is 0. The summed E-state index contributed by atoms with van der Waals surface area (Å²) in [5, 5.41) is 3.69. The molecular weight excluding hydrogens is 390 g/mol. The summed E-state index contributed by atoms with van der Waals surface area (Å²) in [5.41, 5.74) is -0.770. The number of ether oxygens (including phenoxy) is 1. The first-order chi connectivity index (χ1) is 12.4. The molecule has 0 spiro atoms. The number of halogens is 1. The Hall–Kier alpha value is -1.05. The third-order valence-electron chi connectivity index (χ3n) is 5.04. The lowest BCUT2D eigenvalue weighted by Gasteiger charge is -2.45. The van der Waals surface area contributed by atoms with E-state index < -0.39 is 21.8 Å². The lowest BCUT2D eigenvalue weighted by Crippen LogP contribution is -2.47. The highest BCUT2D eigenvalue weighted by molar-refractivity contribution is 7.86. The first-order valence-corrected chi connectivity index (χ1v) is 11.5. The van der Waals surface area contributed by atoms with Crippen LogP contribution in [0, 0.1) is 11.3 Å². The van der Waals surface area contributed by atoms with Gasteiger partial charge in [0, 0.05) is 11.6 Å². The van der Waals surface area contributed by atoms with Gasteiger partial charge in [-0.3, -0.25) is 4.18 Å². The molecule has 0 aromatic carbocycles. The Morgan fingerprint density at radius 2 is 1.96 bits per heavy atom. The number of alkyl carbamates (subject to hydrolysis) is 1. The predicted molar refractivity (Wildman–Crippen MR) is 106 cm³/mol. The average Bonchev–Trinajstić information content (AvgIpc) is 2.51. The molecule has 1 amide bonds. The van der Waals surface area contributed by atoms with Gasteiger partial charge in [0.15, 0.2) is 0 Å². The van der Waals surface area contributed by atoms with Gasteiger partial charge in [-0.2, -0.15) is 8.42 Å². The monoisotopic (exact) mass is 419 g/mol. The maximum atomic E-state index is 12.1. The Bertz CT molecular complexity index is 700. The summed E-state index contributed by atoms with van der Waals surface area (Å²) >= 11 is 6.25. The van der Waals surface area contributed by atoms with Gasteiger partial charge in [0.05, 0.1) is 12.4 Å². The molecule has 8 heteroatoms. The van der Waals surface area contributed by atoms with E-state index in [1.807, 2.05) is 32.9 Å². The lowest BCUT2D eigenvalue weighted by atomic mass is 9.63. The minimum absolute atomic E-state index is 0.170. The second-order valence-electron chi connectivity index (χ2n) is 8.53. The molecule has 2 rings (SSSR count). The van der Waals surface area contributed by atoms with Crippen molar-refractivity contribution in [3.05, 3.63) is 23.3 Å². The maximum absolute atomic E-state index is 12.1. The van der Waals surface area contributed by atoms with Gasteiger partial charge in [0.2, 0.25) is 0 Å². The third-order valence-corrected chi connectivity index (χ3v) is 5.95. The number of rotatable bonds is 5. The Balaban J connectivity index is 2.08. The second-order valence-corrected chi connectivity index (χ2v) is 10.6. The van der Waals surface area contributed by atoms with Gasteiger partial charge < -0.3 is 10.1 Å². The van der Waals surface area contributed by atoms with E-state index in [1.54, 1.807) is 0 Å². The van der Waals surface area contributed by atoms with Gasteiger partial charge in [0.25, 0.3) is 10.1 Å². The van der Waals surface area contributed by atoms with Crippen LogP contribution in [0.4, 0.5) is 4.79 Å². The molecule has 1 saturated carbocycles. The van der Waals surface area contributed by atoms with Gasteiger partial charge in [0.1, 0.15) is 5.60 Å². The second kappa shape index (κ2) is 8.53. The Labute approximate surface area is 167 Å². The molecule has 2 aliphatic rings. The molecule has 1 atom stereocenters. The van der Waals surface area contributed by atoms with Crippen LogP contribution in [0.2, 0.25) is 0 Å². The molecule has 1 N–H and O–H groups in total. The van der Waals surface area contributed by atoms with Crippen molar-refractivity contribution in [2.75, 3.05) is 12.8 Å². The van der Waals surface area contributed by atoms with Crippen molar-refractivity contribution in [2.45, 2.75) is 64.6 Å². The van der Waals surface area contributed by atoms with E-state index in [0.717, 1.165) is 24.1 Å². The lowest BCUT2D eigenvalue weighted by molar-refractivity contribution is 0.0341. The number of carbonyl (C=O) groups excluding carboxylic acids is 1. The van der Waals surface area contributed by atoms with E-state index in [-0.39, 0.29) is 17.4 Å². The fourth-order valence-corrected chi connectivity index (χ4v) is 4.74. The largest absolute Gasteiger partial charge is 0.444 e. The molecule has 27 heavy (non-hydrogen) atoms. The SMILES string of the molecule is CC(C)(C)OC(=O)NCC1(C2C=CC=C(Cl)C2)CCC(OS(C)(=O)=O)CC1. The summed E-state index contributed by atoms with van der Waals surface area (Å²) in [7, 11) is -3.47. The van der Waals surface area contributed by atoms with Crippen LogP contribution < -0.4 is 5.32 Å². The molecule has 0 saturated heterocycles. The quantitative estimate of drug-likeness (QED) is 0.678. The van der Waals surface area contributed by atoms with Gasteiger partial charge in [-0.05, 0) is 70.3 Å². The molecule has 0 aromatic heterocycles. The molecule has 2 aliphatic carbocycles. The van der Waals surface area contributed by atoms with Crippen molar-refractivity contribution in [1.29, 1.82) is 0 Å². The van der Waals surface area contributed by atoms with Crippen molar-refractivity contribution in [3.8, 4) is 0 Å². The normalized spacial score (nSPS) is 29.1. The van der Waals surface area contributed by atoms with Crippen molar-refractivity contribution < 1.29 is 22.1 Å². The molecule has 0 heterocycles. The number of amides is 1. The highest BCUT2D eigenvalue weighted by atomic mass is 35.5. The van der Waals surface area contributed by atoms with Gasteiger partial charge in [-0.1, -0.05) is 23.8 Å². The highest BCUT2D eigenvalue weighted by Crippen LogP contribution is 2.47. The molecule has 6 nitrogen and oxygen atoms in total. The van der Waals surface area contributed by atoms with Gasteiger partial charge in [-0.25, -0.2) is 4.79 Å². The maximum Gasteiger partial charge on any atom is 0.407 e. The number of carbonyl (C=O) groups is 1. The minimum atomic E-state index is -3.47. The molecule has 154 valence electrons. The van der Waals surface area contributed by atoms with Crippen LogP contribution in [0.3, 0.4) is 0 Å². The summed E-state index contributed by atoms with van der Waals surface area (Å²) in [4.78, 5) is 12.1. The zero-order valence-corrected chi connectivity index (χ0v) is 18.0. The van der Waals surface area contributed by atoms with E-state index in [2.05, 4.69) is 11.4 Å². The van der Waals surface area contributed by atoms with Crippen LogP contribution >= 0.6 is 11.6 Å². The van der Waals surface area contributed by atoms with Crippen molar-refractivity contribution in [3.63, 3.8) is 0 Å². The smallest absolute Gasteiger partial charge is 0.407 e. The molecule has 0 radical (unpaired) electrons. The number of hydrogen-bond acceptors (Lipinski definition) is 5. The highest BCUT2D eigenvalue weighted by Gasteiger charge is 2.42. The Morgan fingerprint density at radius 1 is 1.33 bits per heavy atom. The number of nitrogens with one attached hydrogen (secondary N) is 1. The fourth-order valence-electron chi connectivity index (χ4n) is 3.81. The van der Waals surface area contributed by atoms with Crippen LogP contribution in [-0.4, -0.2) is 39.0 Å². The standard InChI is InChI=1S/C19H30ClNO5S/c1-18(2,3)25-17(22)21-13-19(14-6-5-7-15(20)12-14)10-8-16(9-11-19)26-27(4,23)24/h5-7,14,16H,8-13H2,1-4H3,(H,21,22). The van der Waals surface area contributed by atoms with Gasteiger partial charge >= 0.3 is 6.09 Å². The summed E-state index contributed by atoms with van der Waals surface area (Å²) in [5.74, 6) is 0.170. The number of hydrogen-bond donors (Lipinski definition) is 1. The van der Waals surface area contributed by atoms with Crippen LogP contribution in [0.25, 0.3) is 0 Å². The zero-order chi connectivity index (χ0) is 20.3.